The van der Waals surface area contributed by atoms with Gasteiger partial charge in [0.1, 0.15) is 11.4 Å². The Kier molecular flexibility index (Phi) is 4.50. The first-order chi connectivity index (χ1) is 9.63. The molecule has 0 amide bonds. The molecule has 0 aliphatic heterocycles. The zero-order valence-electron chi connectivity index (χ0n) is 12.0. The standard InChI is InChI=1S/C15H19N3O2/c1-11(2)9-18-15(14(10-19)16-17-18)8-12-4-6-13(20-3)7-5-12/h4-7,10-11H,8-9H2,1-3H3. The fraction of sp³-hybridized carbons (Fsp3) is 0.400. The first-order valence-electron chi connectivity index (χ1n) is 6.64. The lowest BCUT2D eigenvalue weighted by atomic mass is 10.1. The highest BCUT2D eigenvalue weighted by Crippen LogP contribution is 2.16. The van der Waals surface area contributed by atoms with Crippen LogP contribution < -0.4 is 4.74 Å². The highest BCUT2D eigenvalue weighted by molar-refractivity contribution is 5.73. The van der Waals surface area contributed by atoms with E-state index in [0.717, 1.165) is 29.8 Å². The third-order valence-electron chi connectivity index (χ3n) is 3.05. The number of benzene rings is 1. The van der Waals surface area contributed by atoms with E-state index in [4.69, 9.17) is 4.74 Å². The fourth-order valence-corrected chi connectivity index (χ4v) is 2.05. The van der Waals surface area contributed by atoms with Crippen molar-refractivity contribution >= 4 is 6.29 Å². The molecule has 0 bridgehead atoms. The molecule has 1 aromatic heterocycles. The lowest BCUT2D eigenvalue weighted by Crippen LogP contribution is -2.11. The Morgan fingerprint density at radius 1 is 1.30 bits per heavy atom. The van der Waals surface area contributed by atoms with E-state index in [-0.39, 0.29) is 0 Å². The number of carbonyl (C=O) groups excluding carboxylic acids is 1. The second-order valence-corrected chi connectivity index (χ2v) is 5.14. The molecule has 2 rings (SSSR count). The molecule has 0 fully saturated rings. The van der Waals surface area contributed by atoms with Crippen LogP contribution in [0.25, 0.3) is 0 Å². The van der Waals surface area contributed by atoms with Gasteiger partial charge in [-0.05, 0) is 23.6 Å². The highest BCUT2D eigenvalue weighted by atomic mass is 16.5. The molecule has 0 N–H and O–H groups in total. The summed E-state index contributed by atoms with van der Waals surface area (Å²) in [7, 11) is 1.64. The van der Waals surface area contributed by atoms with Crippen LogP contribution in [0, 0.1) is 5.92 Å². The molecule has 5 heteroatoms. The van der Waals surface area contributed by atoms with Gasteiger partial charge in [0.15, 0.2) is 6.29 Å². The Bertz CT molecular complexity index is 573. The molecule has 0 unspecified atom stereocenters. The van der Waals surface area contributed by atoms with E-state index in [1.54, 1.807) is 7.11 Å². The van der Waals surface area contributed by atoms with Gasteiger partial charge in [-0.15, -0.1) is 5.10 Å². The van der Waals surface area contributed by atoms with Crippen molar-refractivity contribution in [3.8, 4) is 5.75 Å². The molecule has 20 heavy (non-hydrogen) atoms. The maximum atomic E-state index is 11.1. The molecule has 0 saturated heterocycles. The number of aromatic nitrogens is 3. The number of ether oxygens (including phenoxy) is 1. The zero-order valence-corrected chi connectivity index (χ0v) is 12.0. The van der Waals surface area contributed by atoms with Gasteiger partial charge in [-0.2, -0.15) is 0 Å². The number of methoxy groups -OCH3 is 1. The molecule has 106 valence electrons. The molecule has 0 saturated carbocycles. The average Bonchev–Trinajstić information content (AvgIpc) is 2.81. The topological polar surface area (TPSA) is 57.0 Å². The highest BCUT2D eigenvalue weighted by Gasteiger charge is 2.13. The zero-order chi connectivity index (χ0) is 14.5. The average molecular weight is 273 g/mol. The molecule has 1 aromatic carbocycles. The van der Waals surface area contributed by atoms with Crippen molar-refractivity contribution in [2.75, 3.05) is 7.11 Å². The Labute approximate surface area is 118 Å². The molecule has 1 heterocycles. The summed E-state index contributed by atoms with van der Waals surface area (Å²) >= 11 is 0. The summed E-state index contributed by atoms with van der Waals surface area (Å²) in [4.78, 5) is 11.1. The maximum absolute atomic E-state index is 11.1. The summed E-state index contributed by atoms with van der Waals surface area (Å²) in [5.74, 6) is 1.27. The van der Waals surface area contributed by atoms with Gasteiger partial charge in [-0.1, -0.05) is 31.2 Å². The lowest BCUT2D eigenvalue weighted by molar-refractivity contribution is 0.111. The normalized spacial score (nSPS) is 10.8. The van der Waals surface area contributed by atoms with Crippen LogP contribution in [0.2, 0.25) is 0 Å². The van der Waals surface area contributed by atoms with Gasteiger partial charge >= 0.3 is 0 Å². The van der Waals surface area contributed by atoms with Crippen LogP contribution in [0.1, 0.15) is 35.6 Å². The van der Waals surface area contributed by atoms with Gasteiger partial charge in [0, 0.05) is 13.0 Å². The van der Waals surface area contributed by atoms with Gasteiger partial charge in [0.05, 0.1) is 12.8 Å². The van der Waals surface area contributed by atoms with Crippen molar-refractivity contribution < 1.29 is 9.53 Å². The number of rotatable bonds is 6. The van der Waals surface area contributed by atoms with Crippen LogP contribution in [0.4, 0.5) is 0 Å². The number of nitrogens with zero attached hydrogens (tertiary/aromatic N) is 3. The predicted octanol–water partition coefficient (Wildman–Crippen LogP) is 2.35. The van der Waals surface area contributed by atoms with Crippen molar-refractivity contribution in [1.82, 2.24) is 15.0 Å². The molecule has 0 atom stereocenters. The third-order valence-corrected chi connectivity index (χ3v) is 3.05. The minimum atomic E-state index is 0.418. The van der Waals surface area contributed by atoms with Crippen molar-refractivity contribution in [1.29, 1.82) is 0 Å². The summed E-state index contributed by atoms with van der Waals surface area (Å²) in [5, 5.41) is 8.01. The summed E-state index contributed by atoms with van der Waals surface area (Å²) in [5.41, 5.74) is 2.38. The van der Waals surface area contributed by atoms with Crippen LogP contribution in [-0.2, 0) is 13.0 Å². The molecular weight excluding hydrogens is 254 g/mol. The Hall–Kier alpha value is -2.17. The van der Waals surface area contributed by atoms with E-state index >= 15 is 0 Å². The third kappa shape index (κ3) is 3.23. The number of carbonyl (C=O) groups is 1. The van der Waals surface area contributed by atoms with Gasteiger partial charge in [0.25, 0.3) is 0 Å². The van der Waals surface area contributed by atoms with E-state index in [1.165, 1.54) is 0 Å². The largest absolute Gasteiger partial charge is 0.497 e. The molecular formula is C15H19N3O2. The molecule has 0 radical (unpaired) electrons. The van der Waals surface area contributed by atoms with Gasteiger partial charge in [-0.25, -0.2) is 4.68 Å². The summed E-state index contributed by atoms with van der Waals surface area (Å²) in [6, 6.07) is 7.79. The van der Waals surface area contributed by atoms with E-state index in [1.807, 2.05) is 28.9 Å². The SMILES string of the molecule is COc1ccc(Cc2c(C=O)nnn2CC(C)C)cc1. The molecule has 5 nitrogen and oxygen atoms in total. The second-order valence-electron chi connectivity index (χ2n) is 5.14. The molecule has 0 spiro atoms. The molecule has 2 aromatic rings. The number of hydrogen-bond acceptors (Lipinski definition) is 4. The van der Waals surface area contributed by atoms with Crippen LogP contribution >= 0.6 is 0 Å². The summed E-state index contributed by atoms with van der Waals surface area (Å²) < 4.78 is 6.96. The minimum absolute atomic E-state index is 0.418. The first-order valence-corrected chi connectivity index (χ1v) is 6.64. The predicted molar refractivity (Wildman–Crippen MR) is 76.0 cm³/mol. The Morgan fingerprint density at radius 3 is 2.55 bits per heavy atom. The van der Waals surface area contributed by atoms with Crippen LogP contribution in [0.15, 0.2) is 24.3 Å². The smallest absolute Gasteiger partial charge is 0.172 e. The Morgan fingerprint density at radius 2 is 2.00 bits per heavy atom. The van der Waals surface area contributed by atoms with Gasteiger partial charge in [-0.3, -0.25) is 4.79 Å². The van der Waals surface area contributed by atoms with E-state index in [9.17, 15) is 4.79 Å². The van der Waals surface area contributed by atoms with E-state index in [2.05, 4.69) is 24.2 Å². The molecule has 0 aliphatic carbocycles. The fourth-order valence-electron chi connectivity index (χ4n) is 2.05. The Balaban J connectivity index is 2.25. The number of hydrogen-bond donors (Lipinski definition) is 0. The minimum Gasteiger partial charge on any atom is -0.497 e. The van der Waals surface area contributed by atoms with Crippen molar-refractivity contribution in [3.05, 3.63) is 41.2 Å². The quantitative estimate of drug-likeness (QED) is 0.758. The lowest BCUT2D eigenvalue weighted by Gasteiger charge is -2.09. The van der Waals surface area contributed by atoms with Gasteiger partial charge < -0.3 is 4.74 Å². The van der Waals surface area contributed by atoms with Crippen molar-refractivity contribution in [3.63, 3.8) is 0 Å². The van der Waals surface area contributed by atoms with Crippen LogP contribution in [-0.4, -0.2) is 28.4 Å². The number of aldehydes is 1. The summed E-state index contributed by atoms with van der Waals surface area (Å²) in [6.45, 7) is 4.98. The van der Waals surface area contributed by atoms with Gasteiger partial charge in [0.2, 0.25) is 0 Å². The van der Waals surface area contributed by atoms with Crippen LogP contribution in [0.5, 0.6) is 5.75 Å². The van der Waals surface area contributed by atoms with Crippen molar-refractivity contribution in [2.45, 2.75) is 26.8 Å². The molecule has 0 aliphatic rings. The summed E-state index contributed by atoms with van der Waals surface area (Å²) in [6.07, 6.45) is 1.40. The van der Waals surface area contributed by atoms with E-state index < -0.39 is 0 Å². The van der Waals surface area contributed by atoms with Crippen LogP contribution in [0.3, 0.4) is 0 Å². The monoisotopic (exact) mass is 273 g/mol. The van der Waals surface area contributed by atoms with E-state index in [0.29, 0.717) is 18.0 Å². The first kappa shape index (κ1) is 14.2. The van der Waals surface area contributed by atoms with Crippen molar-refractivity contribution in [2.24, 2.45) is 5.92 Å². The maximum Gasteiger partial charge on any atom is 0.172 e. The second kappa shape index (κ2) is 6.32.